The highest BCUT2D eigenvalue weighted by molar-refractivity contribution is 6.31. The first-order valence-electron chi connectivity index (χ1n) is 7.67. The van der Waals surface area contributed by atoms with Gasteiger partial charge in [0.1, 0.15) is 0 Å². The second-order valence-electron chi connectivity index (χ2n) is 5.60. The zero-order valence-corrected chi connectivity index (χ0v) is 13.8. The van der Waals surface area contributed by atoms with Crippen LogP contribution in [0.15, 0.2) is 66.7 Å². The maximum atomic E-state index is 10.2. The SMILES string of the molecule is Oc1cccc(-c2nc(-c3ccccc3)c3cc(Cl)ccc3n2)c1O. The van der Waals surface area contributed by atoms with Gasteiger partial charge in [-0.25, -0.2) is 9.97 Å². The fourth-order valence-corrected chi connectivity index (χ4v) is 2.92. The molecular weight excluding hydrogens is 336 g/mol. The third-order valence-corrected chi connectivity index (χ3v) is 4.20. The summed E-state index contributed by atoms with van der Waals surface area (Å²) in [4.78, 5) is 9.18. The van der Waals surface area contributed by atoms with Crippen LogP contribution in [0.3, 0.4) is 0 Å². The molecule has 122 valence electrons. The van der Waals surface area contributed by atoms with Crippen LogP contribution in [0, 0.1) is 0 Å². The Labute approximate surface area is 149 Å². The predicted molar refractivity (Wildman–Crippen MR) is 98.7 cm³/mol. The molecule has 0 aliphatic carbocycles. The molecule has 4 aromatic rings. The molecule has 0 aliphatic rings. The molecule has 2 N–H and O–H groups in total. The standard InChI is InChI=1S/C20H13ClN2O2/c21-13-9-10-16-15(11-13)18(12-5-2-1-3-6-12)23-20(22-16)14-7-4-8-17(24)19(14)25/h1-11,24-25H. The number of phenols is 2. The van der Waals surface area contributed by atoms with Gasteiger partial charge in [-0.3, -0.25) is 0 Å². The van der Waals surface area contributed by atoms with Crippen LogP contribution < -0.4 is 0 Å². The third kappa shape index (κ3) is 2.77. The topological polar surface area (TPSA) is 66.2 Å². The van der Waals surface area contributed by atoms with E-state index in [1.54, 1.807) is 18.2 Å². The van der Waals surface area contributed by atoms with Crippen molar-refractivity contribution in [3.63, 3.8) is 0 Å². The first-order chi connectivity index (χ1) is 12.1. The van der Waals surface area contributed by atoms with E-state index in [9.17, 15) is 10.2 Å². The molecular formula is C20H13ClN2O2. The van der Waals surface area contributed by atoms with Crippen molar-refractivity contribution in [1.29, 1.82) is 0 Å². The monoisotopic (exact) mass is 348 g/mol. The van der Waals surface area contributed by atoms with Gasteiger partial charge in [0.15, 0.2) is 17.3 Å². The molecule has 0 radical (unpaired) electrons. The van der Waals surface area contributed by atoms with E-state index in [-0.39, 0.29) is 11.5 Å². The van der Waals surface area contributed by atoms with Gasteiger partial charge in [-0.2, -0.15) is 0 Å². The minimum absolute atomic E-state index is 0.210. The number of aromatic nitrogens is 2. The van der Waals surface area contributed by atoms with Crippen LogP contribution in [0.4, 0.5) is 0 Å². The molecule has 25 heavy (non-hydrogen) atoms. The molecule has 4 nitrogen and oxygen atoms in total. The fourth-order valence-electron chi connectivity index (χ4n) is 2.75. The van der Waals surface area contributed by atoms with E-state index in [0.29, 0.717) is 27.6 Å². The molecule has 0 fully saturated rings. The molecule has 5 heteroatoms. The van der Waals surface area contributed by atoms with Crippen LogP contribution in [0.25, 0.3) is 33.5 Å². The van der Waals surface area contributed by atoms with Gasteiger partial charge in [0, 0.05) is 16.0 Å². The zero-order valence-electron chi connectivity index (χ0n) is 13.0. The molecule has 3 aromatic carbocycles. The molecule has 0 aliphatic heterocycles. The van der Waals surface area contributed by atoms with Crippen molar-refractivity contribution in [2.75, 3.05) is 0 Å². The zero-order chi connectivity index (χ0) is 17.4. The smallest absolute Gasteiger partial charge is 0.168 e. The average Bonchev–Trinajstić information content (AvgIpc) is 2.64. The van der Waals surface area contributed by atoms with Crippen molar-refractivity contribution in [3.8, 4) is 34.1 Å². The summed E-state index contributed by atoms with van der Waals surface area (Å²) in [6, 6.07) is 19.8. The lowest BCUT2D eigenvalue weighted by Gasteiger charge is -2.11. The lowest BCUT2D eigenvalue weighted by atomic mass is 10.1. The van der Waals surface area contributed by atoms with Gasteiger partial charge in [0.05, 0.1) is 16.8 Å². The summed E-state index contributed by atoms with van der Waals surface area (Å²) in [5, 5.41) is 21.4. The van der Waals surface area contributed by atoms with E-state index in [0.717, 1.165) is 10.9 Å². The molecule has 4 rings (SSSR count). The van der Waals surface area contributed by atoms with E-state index in [1.807, 2.05) is 42.5 Å². The molecule has 0 bridgehead atoms. The predicted octanol–water partition coefficient (Wildman–Crippen LogP) is 5.03. The van der Waals surface area contributed by atoms with E-state index < -0.39 is 0 Å². The summed E-state index contributed by atoms with van der Waals surface area (Å²) >= 11 is 6.15. The molecule has 0 atom stereocenters. The third-order valence-electron chi connectivity index (χ3n) is 3.96. The van der Waals surface area contributed by atoms with Crippen LogP contribution in [0.5, 0.6) is 11.5 Å². The van der Waals surface area contributed by atoms with E-state index >= 15 is 0 Å². The maximum absolute atomic E-state index is 10.2. The molecule has 0 saturated carbocycles. The molecule has 0 spiro atoms. The largest absolute Gasteiger partial charge is 0.504 e. The summed E-state index contributed by atoms with van der Waals surface area (Å²) in [5.41, 5.74) is 2.70. The summed E-state index contributed by atoms with van der Waals surface area (Å²) in [7, 11) is 0. The van der Waals surface area contributed by atoms with E-state index in [1.165, 1.54) is 6.07 Å². The first kappa shape index (κ1) is 15.4. The van der Waals surface area contributed by atoms with Gasteiger partial charge in [0.25, 0.3) is 0 Å². The summed E-state index contributed by atoms with van der Waals surface area (Å²) in [6.45, 7) is 0. The number of fused-ring (bicyclic) bond motifs is 1. The molecule has 1 heterocycles. The Morgan fingerprint density at radius 3 is 2.40 bits per heavy atom. The number of para-hydroxylation sites is 1. The van der Waals surface area contributed by atoms with Crippen LogP contribution in [0.1, 0.15) is 0 Å². The van der Waals surface area contributed by atoms with Crippen molar-refractivity contribution in [2.24, 2.45) is 0 Å². The Morgan fingerprint density at radius 1 is 0.800 bits per heavy atom. The van der Waals surface area contributed by atoms with E-state index in [4.69, 9.17) is 11.6 Å². The van der Waals surface area contributed by atoms with Crippen LogP contribution in [-0.2, 0) is 0 Å². The van der Waals surface area contributed by atoms with Gasteiger partial charge in [-0.15, -0.1) is 0 Å². The Balaban J connectivity index is 2.05. The van der Waals surface area contributed by atoms with Gasteiger partial charge in [-0.1, -0.05) is 48.0 Å². The van der Waals surface area contributed by atoms with Gasteiger partial charge in [-0.05, 0) is 30.3 Å². The van der Waals surface area contributed by atoms with Crippen molar-refractivity contribution < 1.29 is 10.2 Å². The highest BCUT2D eigenvalue weighted by Crippen LogP contribution is 2.37. The Bertz CT molecular complexity index is 1080. The normalized spacial score (nSPS) is 10.9. The van der Waals surface area contributed by atoms with Gasteiger partial charge in [0.2, 0.25) is 0 Å². The number of hydrogen-bond donors (Lipinski definition) is 2. The Kier molecular flexibility index (Phi) is 3.75. The molecule has 1 aromatic heterocycles. The number of aromatic hydroxyl groups is 2. The number of phenolic OH excluding ortho intramolecular Hbond substituents is 2. The van der Waals surface area contributed by atoms with Crippen molar-refractivity contribution in [1.82, 2.24) is 9.97 Å². The van der Waals surface area contributed by atoms with Crippen LogP contribution >= 0.6 is 11.6 Å². The number of benzene rings is 3. The van der Waals surface area contributed by atoms with Crippen LogP contribution in [0.2, 0.25) is 5.02 Å². The second kappa shape index (κ2) is 6.07. The Hall–Kier alpha value is -3.11. The second-order valence-corrected chi connectivity index (χ2v) is 6.03. The molecule has 0 amide bonds. The van der Waals surface area contributed by atoms with Crippen molar-refractivity contribution in [3.05, 3.63) is 71.8 Å². The van der Waals surface area contributed by atoms with Crippen molar-refractivity contribution >= 4 is 22.5 Å². The lowest BCUT2D eigenvalue weighted by molar-refractivity contribution is 0.405. The quantitative estimate of drug-likeness (QED) is 0.499. The van der Waals surface area contributed by atoms with Crippen molar-refractivity contribution in [2.45, 2.75) is 0 Å². The fraction of sp³-hybridized carbons (Fsp3) is 0. The maximum Gasteiger partial charge on any atom is 0.168 e. The highest BCUT2D eigenvalue weighted by atomic mass is 35.5. The lowest BCUT2D eigenvalue weighted by Crippen LogP contribution is -1.95. The van der Waals surface area contributed by atoms with Crippen LogP contribution in [-0.4, -0.2) is 20.2 Å². The number of halogens is 1. The minimum Gasteiger partial charge on any atom is -0.504 e. The Morgan fingerprint density at radius 2 is 1.60 bits per heavy atom. The van der Waals surface area contributed by atoms with E-state index in [2.05, 4.69) is 9.97 Å². The summed E-state index contributed by atoms with van der Waals surface area (Å²) in [5.74, 6) is -0.115. The number of rotatable bonds is 2. The first-order valence-corrected chi connectivity index (χ1v) is 8.05. The minimum atomic E-state index is -0.241. The summed E-state index contributed by atoms with van der Waals surface area (Å²) in [6.07, 6.45) is 0. The average molecular weight is 349 g/mol. The molecule has 0 saturated heterocycles. The number of nitrogens with zero attached hydrogens (tertiary/aromatic N) is 2. The van der Waals surface area contributed by atoms with Gasteiger partial charge >= 0.3 is 0 Å². The summed E-state index contributed by atoms with van der Waals surface area (Å²) < 4.78 is 0. The highest BCUT2D eigenvalue weighted by Gasteiger charge is 2.15. The van der Waals surface area contributed by atoms with Gasteiger partial charge < -0.3 is 10.2 Å². The molecule has 0 unspecified atom stereocenters. The number of hydrogen-bond acceptors (Lipinski definition) is 4.